The zero-order chi connectivity index (χ0) is 18.9. The van der Waals surface area contributed by atoms with Crippen LogP contribution in [0.3, 0.4) is 0 Å². The van der Waals surface area contributed by atoms with Crippen molar-refractivity contribution in [2.45, 2.75) is 19.8 Å². The van der Waals surface area contributed by atoms with Gasteiger partial charge in [0, 0.05) is 5.56 Å². The lowest BCUT2D eigenvalue weighted by Crippen LogP contribution is -1.97. The van der Waals surface area contributed by atoms with Crippen LogP contribution in [0.1, 0.15) is 25.3 Å². The Hall–Kier alpha value is -3.38. The van der Waals surface area contributed by atoms with E-state index in [0.29, 0.717) is 12.2 Å². The summed E-state index contributed by atoms with van der Waals surface area (Å²) in [5.41, 5.74) is 4.86. The van der Waals surface area contributed by atoms with Gasteiger partial charge in [0.25, 0.3) is 0 Å². The molecule has 3 nitrogen and oxygen atoms in total. The fourth-order valence-corrected chi connectivity index (χ4v) is 2.76. The van der Waals surface area contributed by atoms with E-state index in [1.165, 1.54) is 0 Å². The van der Waals surface area contributed by atoms with Crippen molar-refractivity contribution in [2.24, 2.45) is 0 Å². The topological polar surface area (TPSA) is 45.9 Å². The van der Waals surface area contributed by atoms with E-state index >= 15 is 0 Å². The van der Waals surface area contributed by atoms with Gasteiger partial charge in [-0.15, -0.1) is 0 Å². The zero-order valence-corrected chi connectivity index (χ0v) is 15.4. The Morgan fingerprint density at radius 1 is 0.926 bits per heavy atom. The zero-order valence-electron chi connectivity index (χ0n) is 15.4. The van der Waals surface area contributed by atoms with Gasteiger partial charge in [-0.05, 0) is 55.2 Å². The molecule has 1 aromatic heterocycles. The Morgan fingerprint density at radius 2 is 1.59 bits per heavy atom. The predicted octanol–water partition coefficient (Wildman–Crippen LogP) is 6.02. The number of ether oxygens (including phenoxy) is 1. The van der Waals surface area contributed by atoms with E-state index < -0.39 is 0 Å². The fraction of sp³-hybridized carbons (Fsp3) is 0.167. The number of aromatic nitrogens is 1. The lowest BCUT2D eigenvalue weighted by Gasteiger charge is -2.07. The molecule has 0 radical (unpaired) electrons. The maximum Gasteiger partial charge on any atom is 0.137 e. The molecule has 1 heterocycles. The Labute approximate surface area is 160 Å². The normalized spacial score (nSPS) is 10.7. The van der Waals surface area contributed by atoms with Crippen molar-refractivity contribution < 1.29 is 4.74 Å². The minimum Gasteiger partial charge on any atom is -0.492 e. The molecule has 0 unspecified atom stereocenters. The van der Waals surface area contributed by atoms with Crippen LogP contribution in [0.15, 0.2) is 79.0 Å². The Bertz CT molecular complexity index is 918. The first-order valence-corrected chi connectivity index (χ1v) is 9.11. The van der Waals surface area contributed by atoms with Crippen LogP contribution in [0.25, 0.3) is 22.4 Å². The molecule has 3 heteroatoms. The minimum absolute atomic E-state index is 0.670. The van der Waals surface area contributed by atoms with Crippen molar-refractivity contribution in [2.75, 3.05) is 6.61 Å². The number of nitriles is 1. The highest BCUT2D eigenvalue weighted by atomic mass is 16.5. The highest BCUT2D eigenvalue weighted by Crippen LogP contribution is 2.25. The third-order valence-corrected chi connectivity index (χ3v) is 4.28. The molecule has 3 rings (SSSR count). The number of benzene rings is 2. The second-order valence-corrected chi connectivity index (χ2v) is 6.21. The van der Waals surface area contributed by atoms with Gasteiger partial charge in [-0.25, -0.2) is 0 Å². The summed E-state index contributed by atoms with van der Waals surface area (Å²) in [5, 5.41) is 8.89. The second-order valence-electron chi connectivity index (χ2n) is 6.21. The molecule has 0 N–H and O–H groups in total. The Kier molecular flexibility index (Phi) is 6.38. The first-order chi connectivity index (χ1) is 13.3. The van der Waals surface area contributed by atoms with Crippen LogP contribution in [0.4, 0.5) is 0 Å². The summed E-state index contributed by atoms with van der Waals surface area (Å²) in [4.78, 5) is 4.51. The Balaban J connectivity index is 1.63. The van der Waals surface area contributed by atoms with Crippen molar-refractivity contribution in [3.05, 3.63) is 84.6 Å². The summed E-state index contributed by atoms with van der Waals surface area (Å²) in [6.45, 7) is 2.73. The van der Waals surface area contributed by atoms with Crippen LogP contribution in [-0.4, -0.2) is 11.6 Å². The molecule has 0 fully saturated rings. The molecule has 0 saturated heterocycles. The maximum absolute atomic E-state index is 8.89. The number of nitrogens with zero attached hydrogens (tertiary/aromatic N) is 2. The molecule has 27 heavy (non-hydrogen) atoms. The van der Waals surface area contributed by atoms with E-state index in [9.17, 15) is 0 Å². The third-order valence-electron chi connectivity index (χ3n) is 4.28. The van der Waals surface area contributed by atoms with Gasteiger partial charge in [-0.2, -0.15) is 5.26 Å². The number of unbranched alkanes of at least 4 members (excludes halogenated alkanes) is 1. The fourth-order valence-electron chi connectivity index (χ4n) is 2.76. The SMILES string of the molecule is CC=CCCCOc1ccc(-c2ccc(-c3ccc(C#N)cc3)cc2)nc1. The number of allylic oxidation sites excluding steroid dienone is 2. The predicted molar refractivity (Wildman–Crippen MR) is 109 cm³/mol. The molecule has 0 atom stereocenters. The van der Waals surface area contributed by atoms with Gasteiger partial charge in [0.15, 0.2) is 0 Å². The third kappa shape index (κ3) is 5.05. The van der Waals surface area contributed by atoms with E-state index in [1.54, 1.807) is 6.20 Å². The summed E-state index contributed by atoms with van der Waals surface area (Å²) in [5.74, 6) is 0.799. The molecule has 0 saturated carbocycles. The van der Waals surface area contributed by atoms with Crippen LogP contribution in [0.5, 0.6) is 5.75 Å². The molecule has 2 aromatic carbocycles. The summed E-state index contributed by atoms with van der Waals surface area (Å²) in [6, 6.07) is 22.0. The monoisotopic (exact) mass is 354 g/mol. The number of pyridine rings is 1. The van der Waals surface area contributed by atoms with E-state index in [-0.39, 0.29) is 0 Å². The van der Waals surface area contributed by atoms with Crippen LogP contribution in [-0.2, 0) is 0 Å². The first kappa shape index (κ1) is 18.4. The summed E-state index contributed by atoms with van der Waals surface area (Å²) >= 11 is 0. The molecule has 0 aliphatic heterocycles. The average Bonchev–Trinajstić information content (AvgIpc) is 2.74. The summed E-state index contributed by atoms with van der Waals surface area (Å²) < 4.78 is 5.72. The standard InChI is InChI=1S/C24H22N2O/c1-2-3-4-5-16-27-23-14-15-24(26-18-23)22-12-10-21(11-13-22)20-8-6-19(17-25)7-9-20/h2-3,6-15,18H,4-5,16H2,1H3. The van der Waals surface area contributed by atoms with Gasteiger partial charge < -0.3 is 4.74 Å². The van der Waals surface area contributed by atoms with Gasteiger partial charge in [0.2, 0.25) is 0 Å². The highest BCUT2D eigenvalue weighted by molar-refractivity contribution is 5.69. The van der Waals surface area contributed by atoms with Gasteiger partial charge in [0.1, 0.15) is 5.75 Å². The number of hydrogen-bond acceptors (Lipinski definition) is 3. The van der Waals surface area contributed by atoms with Crippen LogP contribution >= 0.6 is 0 Å². The molecule has 0 aliphatic rings. The van der Waals surface area contributed by atoms with Gasteiger partial charge in [-0.1, -0.05) is 48.6 Å². The smallest absolute Gasteiger partial charge is 0.137 e. The van der Waals surface area contributed by atoms with Crippen LogP contribution in [0, 0.1) is 11.3 Å². The van der Waals surface area contributed by atoms with Crippen molar-refractivity contribution in [1.82, 2.24) is 4.98 Å². The van der Waals surface area contributed by atoms with Crippen LogP contribution < -0.4 is 4.74 Å². The summed E-state index contributed by atoms with van der Waals surface area (Å²) in [7, 11) is 0. The quantitative estimate of drug-likeness (QED) is 0.385. The van der Waals surface area contributed by atoms with Crippen molar-refractivity contribution in [3.63, 3.8) is 0 Å². The van der Waals surface area contributed by atoms with Crippen LogP contribution in [0.2, 0.25) is 0 Å². The van der Waals surface area contributed by atoms with Gasteiger partial charge in [-0.3, -0.25) is 4.98 Å². The lowest BCUT2D eigenvalue weighted by atomic mass is 10.0. The largest absolute Gasteiger partial charge is 0.492 e. The van der Waals surface area contributed by atoms with Crippen molar-refractivity contribution in [1.29, 1.82) is 5.26 Å². The molecule has 0 bridgehead atoms. The summed E-state index contributed by atoms with van der Waals surface area (Å²) in [6.07, 6.45) is 8.02. The number of rotatable bonds is 7. The molecular formula is C24H22N2O. The minimum atomic E-state index is 0.670. The number of hydrogen-bond donors (Lipinski definition) is 0. The molecule has 0 spiro atoms. The average molecular weight is 354 g/mol. The van der Waals surface area contributed by atoms with Crippen molar-refractivity contribution in [3.8, 4) is 34.2 Å². The first-order valence-electron chi connectivity index (χ1n) is 9.11. The maximum atomic E-state index is 8.89. The highest BCUT2D eigenvalue weighted by Gasteiger charge is 2.03. The van der Waals surface area contributed by atoms with Crippen molar-refractivity contribution >= 4 is 0 Å². The lowest BCUT2D eigenvalue weighted by molar-refractivity contribution is 0.311. The Morgan fingerprint density at radius 3 is 2.19 bits per heavy atom. The second kappa shape index (κ2) is 9.35. The molecule has 0 amide bonds. The van der Waals surface area contributed by atoms with E-state index in [4.69, 9.17) is 10.00 Å². The molecule has 3 aromatic rings. The van der Waals surface area contributed by atoms with E-state index in [0.717, 1.165) is 41.0 Å². The molecular weight excluding hydrogens is 332 g/mol. The van der Waals surface area contributed by atoms with Gasteiger partial charge in [0.05, 0.1) is 30.1 Å². The van der Waals surface area contributed by atoms with Gasteiger partial charge >= 0.3 is 0 Å². The molecule has 134 valence electrons. The van der Waals surface area contributed by atoms with E-state index in [1.807, 2.05) is 43.3 Å². The van der Waals surface area contributed by atoms with E-state index in [2.05, 4.69) is 47.5 Å². The molecule has 0 aliphatic carbocycles.